The largest absolute Gasteiger partial charge is 0.481 e. The summed E-state index contributed by atoms with van der Waals surface area (Å²) >= 11 is 0. The van der Waals surface area contributed by atoms with Crippen molar-refractivity contribution in [2.75, 3.05) is 13.1 Å². The van der Waals surface area contributed by atoms with Crippen LogP contribution in [0, 0.1) is 11.8 Å². The number of nitrogens with zero attached hydrogens (tertiary/aromatic N) is 3. The molecule has 132 valence electrons. The number of hydrogen-bond donors (Lipinski definition) is 1. The third-order valence-corrected chi connectivity index (χ3v) is 4.21. The summed E-state index contributed by atoms with van der Waals surface area (Å²) in [7, 11) is 0. The van der Waals surface area contributed by atoms with Crippen LogP contribution < -0.4 is 0 Å². The van der Waals surface area contributed by atoms with Gasteiger partial charge in [-0.05, 0) is 24.3 Å². The maximum absolute atomic E-state index is 13.0. The number of halogens is 3. The Morgan fingerprint density at radius 2 is 1.96 bits per heavy atom. The summed E-state index contributed by atoms with van der Waals surface area (Å²) in [5.74, 6) is -5.91. The zero-order valence-corrected chi connectivity index (χ0v) is 12.8. The van der Waals surface area contributed by atoms with Crippen molar-refractivity contribution < 1.29 is 27.9 Å². The van der Waals surface area contributed by atoms with Gasteiger partial charge in [0.15, 0.2) is 0 Å². The number of amides is 1. The number of carbonyl (C=O) groups excluding carboxylic acids is 1. The first kappa shape index (κ1) is 17.0. The first-order valence-electron chi connectivity index (χ1n) is 7.46. The summed E-state index contributed by atoms with van der Waals surface area (Å²) in [6, 6.07) is 7.97. The second kappa shape index (κ2) is 6.23. The lowest BCUT2D eigenvalue weighted by Gasteiger charge is -2.18. The first-order chi connectivity index (χ1) is 11.8. The quantitative estimate of drug-likeness (QED) is 0.918. The van der Waals surface area contributed by atoms with Crippen LogP contribution in [0.4, 0.5) is 13.2 Å². The molecule has 2 atom stereocenters. The van der Waals surface area contributed by atoms with Crippen molar-refractivity contribution in [1.29, 1.82) is 0 Å². The van der Waals surface area contributed by atoms with E-state index < -0.39 is 43.0 Å². The second-order valence-electron chi connectivity index (χ2n) is 5.80. The smallest absolute Gasteiger partial charge is 0.394 e. The van der Waals surface area contributed by atoms with Crippen molar-refractivity contribution >= 4 is 11.9 Å². The molecule has 2 aromatic rings. The number of likely N-dealkylation sites (tertiary alicyclic amines) is 1. The molecule has 0 spiro atoms. The van der Waals surface area contributed by atoms with Gasteiger partial charge in [0.25, 0.3) is 5.91 Å². The van der Waals surface area contributed by atoms with Gasteiger partial charge in [-0.1, -0.05) is 6.07 Å². The van der Waals surface area contributed by atoms with E-state index in [9.17, 15) is 22.8 Å². The fourth-order valence-electron chi connectivity index (χ4n) is 2.94. The SMILES string of the molecule is O=C(O)[C@@H]1CN(C(=O)c2cccc(-n3cccn3)c2)C[C@H]1C(F)(F)F. The number of alkyl halides is 3. The van der Waals surface area contributed by atoms with Gasteiger partial charge in [0, 0.05) is 31.0 Å². The van der Waals surface area contributed by atoms with Crippen molar-refractivity contribution in [3.63, 3.8) is 0 Å². The van der Waals surface area contributed by atoms with Gasteiger partial charge in [-0.15, -0.1) is 0 Å². The van der Waals surface area contributed by atoms with Crippen molar-refractivity contribution in [1.82, 2.24) is 14.7 Å². The van der Waals surface area contributed by atoms with Crippen LogP contribution in [-0.4, -0.2) is 50.9 Å². The predicted octanol–water partition coefficient (Wildman–Crippen LogP) is 2.21. The van der Waals surface area contributed by atoms with Crippen LogP contribution in [-0.2, 0) is 4.79 Å². The summed E-state index contributed by atoms with van der Waals surface area (Å²) in [5.41, 5.74) is 0.761. The standard InChI is InChI=1S/C16H14F3N3O3/c17-16(18,19)13-9-21(8-12(13)15(24)25)14(23)10-3-1-4-11(7-10)22-6-2-5-20-22/h1-7,12-13H,8-9H2,(H,24,25)/t12-,13-/m1/s1. The molecule has 1 saturated heterocycles. The molecular weight excluding hydrogens is 339 g/mol. The normalized spacial score (nSPS) is 20.7. The molecule has 25 heavy (non-hydrogen) atoms. The molecule has 0 radical (unpaired) electrons. The Bertz CT molecular complexity index is 789. The highest BCUT2D eigenvalue weighted by atomic mass is 19.4. The van der Waals surface area contributed by atoms with Crippen LogP contribution >= 0.6 is 0 Å². The van der Waals surface area contributed by atoms with Gasteiger partial charge in [0.1, 0.15) is 0 Å². The van der Waals surface area contributed by atoms with Gasteiger partial charge in [0.05, 0.1) is 17.5 Å². The summed E-state index contributed by atoms with van der Waals surface area (Å²) in [5, 5.41) is 13.1. The maximum Gasteiger partial charge on any atom is 0.394 e. The fraction of sp³-hybridized carbons (Fsp3) is 0.312. The van der Waals surface area contributed by atoms with Crippen molar-refractivity contribution in [2.24, 2.45) is 11.8 Å². The van der Waals surface area contributed by atoms with Gasteiger partial charge in [-0.3, -0.25) is 9.59 Å². The van der Waals surface area contributed by atoms with E-state index in [1.165, 1.54) is 16.8 Å². The topological polar surface area (TPSA) is 75.4 Å². The monoisotopic (exact) mass is 353 g/mol. The Balaban J connectivity index is 1.84. The minimum Gasteiger partial charge on any atom is -0.481 e. The number of carbonyl (C=O) groups is 2. The van der Waals surface area contributed by atoms with E-state index in [1.54, 1.807) is 30.6 Å². The summed E-state index contributed by atoms with van der Waals surface area (Å²) in [6.07, 6.45) is -1.45. The van der Waals surface area contributed by atoms with Gasteiger partial charge in [-0.2, -0.15) is 18.3 Å². The number of hydrogen-bond acceptors (Lipinski definition) is 3. The Morgan fingerprint density at radius 1 is 1.20 bits per heavy atom. The Hall–Kier alpha value is -2.84. The van der Waals surface area contributed by atoms with Gasteiger partial charge in [-0.25, -0.2) is 4.68 Å². The van der Waals surface area contributed by atoms with E-state index in [0.717, 1.165) is 4.90 Å². The number of aliphatic carboxylic acids is 1. The van der Waals surface area contributed by atoms with E-state index in [4.69, 9.17) is 5.11 Å². The highest BCUT2D eigenvalue weighted by Crippen LogP contribution is 2.38. The minimum atomic E-state index is -4.67. The molecule has 1 aliphatic rings. The minimum absolute atomic E-state index is 0.181. The molecule has 1 aromatic heterocycles. The number of carboxylic acids is 1. The predicted molar refractivity (Wildman–Crippen MR) is 80.1 cm³/mol. The molecule has 0 saturated carbocycles. The molecule has 6 nitrogen and oxygen atoms in total. The lowest BCUT2D eigenvalue weighted by atomic mass is 9.96. The average molecular weight is 353 g/mol. The lowest BCUT2D eigenvalue weighted by molar-refractivity contribution is -0.187. The zero-order chi connectivity index (χ0) is 18.2. The summed E-state index contributed by atoms with van der Waals surface area (Å²) in [6.45, 7) is -1.13. The van der Waals surface area contributed by atoms with Gasteiger partial charge >= 0.3 is 12.1 Å². The molecule has 1 aliphatic heterocycles. The van der Waals surface area contributed by atoms with Crippen LogP contribution in [0.25, 0.3) is 5.69 Å². The molecule has 1 fully saturated rings. The molecule has 0 aliphatic carbocycles. The molecule has 3 rings (SSSR count). The highest BCUT2D eigenvalue weighted by Gasteiger charge is 2.53. The summed E-state index contributed by atoms with van der Waals surface area (Å²) < 4.78 is 40.7. The third-order valence-electron chi connectivity index (χ3n) is 4.21. The van der Waals surface area contributed by atoms with Crippen LogP contribution in [0.2, 0.25) is 0 Å². The molecule has 1 aromatic carbocycles. The Kier molecular flexibility index (Phi) is 4.23. The van der Waals surface area contributed by atoms with Gasteiger partial charge in [0.2, 0.25) is 0 Å². The van der Waals surface area contributed by atoms with E-state index in [2.05, 4.69) is 5.10 Å². The van der Waals surface area contributed by atoms with Crippen LogP contribution in [0.1, 0.15) is 10.4 Å². The molecule has 9 heteroatoms. The van der Waals surface area contributed by atoms with E-state index in [0.29, 0.717) is 5.69 Å². The fourth-order valence-corrected chi connectivity index (χ4v) is 2.94. The van der Waals surface area contributed by atoms with Crippen LogP contribution in [0.15, 0.2) is 42.7 Å². The average Bonchev–Trinajstić information content (AvgIpc) is 3.23. The second-order valence-corrected chi connectivity index (χ2v) is 5.80. The maximum atomic E-state index is 13.0. The Morgan fingerprint density at radius 3 is 2.52 bits per heavy atom. The van der Waals surface area contributed by atoms with Crippen molar-refractivity contribution in [3.05, 3.63) is 48.3 Å². The third kappa shape index (κ3) is 3.35. The van der Waals surface area contributed by atoms with Crippen LogP contribution in [0.3, 0.4) is 0 Å². The molecule has 2 heterocycles. The lowest BCUT2D eigenvalue weighted by Crippen LogP contribution is -2.34. The molecule has 1 amide bonds. The highest BCUT2D eigenvalue weighted by molar-refractivity contribution is 5.95. The number of rotatable bonds is 3. The number of carboxylic acid groups (broad SMARTS) is 1. The van der Waals surface area contributed by atoms with Gasteiger partial charge < -0.3 is 10.0 Å². The Labute approximate surface area is 140 Å². The number of benzene rings is 1. The number of aromatic nitrogens is 2. The summed E-state index contributed by atoms with van der Waals surface area (Å²) in [4.78, 5) is 24.6. The van der Waals surface area contributed by atoms with Crippen molar-refractivity contribution in [3.8, 4) is 5.69 Å². The first-order valence-corrected chi connectivity index (χ1v) is 7.46. The van der Waals surface area contributed by atoms with E-state index in [1.807, 2.05) is 0 Å². The molecular formula is C16H14F3N3O3. The molecule has 0 unspecified atom stereocenters. The zero-order valence-electron chi connectivity index (χ0n) is 12.8. The van der Waals surface area contributed by atoms with Crippen molar-refractivity contribution in [2.45, 2.75) is 6.18 Å². The van der Waals surface area contributed by atoms with E-state index in [-0.39, 0.29) is 5.56 Å². The van der Waals surface area contributed by atoms with E-state index >= 15 is 0 Å². The molecule has 0 bridgehead atoms. The molecule has 1 N–H and O–H groups in total. The van der Waals surface area contributed by atoms with Crippen LogP contribution in [0.5, 0.6) is 0 Å².